The van der Waals surface area contributed by atoms with E-state index in [2.05, 4.69) is 31.1 Å². The van der Waals surface area contributed by atoms with Crippen LogP contribution in [0.4, 0.5) is 0 Å². The number of aryl methyl sites for hydroxylation is 2. The van der Waals surface area contributed by atoms with Crippen LogP contribution in [0.5, 0.6) is 0 Å². The maximum absolute atomic E-state index is 11.5. The van der Waals surface area contributed by atoms with Crippen LogP contribution >= 0.6 is 15.9 Å². The Labute approximate surface area is 128 Å². The molecular formula is C13H12BrN5O2. The smallest absolute Gasteiger partial charge is 0.354 e. The fraction of sp³-hybridized carbons (Fsp3) is 0.231. The van der Waals surface area contributed by atoms with Gasteiger partial charge in [0, 0.05) is 18.3 Å². The molecule has 0 bridgehead atoms. The molecule has 0 atom stereocenters. The summed E-state index contributed by atoms with van der Waals surface area (Å²) in [6.07, 6.45) is 1.53. The molecule has 7 nitrogen and oxygen atoms in total. The van der Waals surface area contributed by atoms with Crippen LogP contribution in [0.1, 0.15) is 21.9 Å². The molecule has 0 saturated heterocycles. The number of aromatic carboxylic acids is 1. The van der Waals surface area contributed by atoms with Gasteiger partial charge < -0.3 is 5.11 Å². The minimum atomic E-state index is -1.06. The van der Waals surface area contributed by atoms with Crippen molar-refractivity contribution >= 4 is 27.5 Å². The molecule has 3 heterocycles. The van der Waals surface area contributed by atoms with Crippen LogP contribution in [0.2, 0.25) is 0 Å². The number of hydrogen-bond donors (Lipinski definition) is 1. The lowest BCUT2D eigenvalue weighted by Crippen LogP contribution is -2.08. The monoisotopic (exact) mass is 349 g/mol. The molecular weight excluding hydrogens is 338 g/mol. The Morgan fingerprint density at radius 2 is 2.10 bits per heavy atom. The average Bonchev–Trinajstić information content (AvgIpc) is 2.90. The van der Waals surface area contributed by atoms with E-state index in [9.17, 15) is 9.90 Å². The molecule has 3 aromatic rings. The van der Waals surface area contributed by atoms with Gasteiger partial charge in [0.1, 0.15) is 0 Å². The van der Waals surface area contributed by atoms with Crippen molar-refractivity contribution in [2.24, 2.45) is 7.05 Å². The highest BCUT2D eigenvalue weighted by Gasteiger charge is 2.19. The Hall–Kier alpha value is -2.22. The van der Waals surface area contributed by atoms with E-state index in [0.29, 0.717) is 15.8 Å². The normalized spacial score (nSPS) is 11.2. The number of aromatic nitrogens is 5. The van der Waals surface area contributed by atoms with E-state index in [-0.39, 0.29) is 5.69 Å². The molecule has 1 N–H and O–H groups in total. The second-order valence-electron chi connectivity index (χ2n) is 4.73. The van der Waals surface area contributed by atoms with Crippen LogP contribution in [0.3, 0.4) is 0 Å². The molecule has 0 aliphatic rings. The van der Waals surface area contributed by atoms with Gasteiger partial charge in [-0.05, 0) is 35.8 Å². The molecule has 8 heteroatoms. The van der Waals surface area contributed by atoms with Crippen molar-refractivity contribution in [2.75, 3.05) is 0 Å². The van der Waals surface area contributed by atoms with E-state index in [1.54, 1.807) is 4.68 Å². The van der Waals surface area contributed by atoms with Gasteiger partial charge in [-0.3, -0.25) is 4.68 Å². The van der Waals surface area contributed by atoms with Gasteiger partial charge in [-0.1, -0.05) is 0 Å². The van der Waals surface area contributed by atoms with E-state index < -0.39 is 5.97 Å². The first kappa shape index (κ1) is 13.7. The van der Waals surface area contributed by atoms with Gasteiger partial charge in [-0.25, -0.2) is 14.3 Å². The summed E-state index contributed by atoms with van der Waals surface area (Å²) >= 11 is 3.34. The lowest BCUT2D eigenvalue weighted by atomic mass is 10.1. The van der Waals surface area contributed by atoms with Crippen molar-refractivity contribution < 1.29 is 9.90 Å². The summed E-state index contributed by atoms with van der Waals surface area (Å²) in [5, 5.41) is 17.8. The lowest BCUT2D eigenvalue weighted by molar-refractivity contribution is 0.0687. The number of halogens is 1. The van der Waals surface area contributed by atoms with Crippen molar-refractivity contribution in [1.29, 1.82) is 0 Å². The predicted molar refractivity (Wildman–Crippen MR) is 79.3 cm³/mol. The fourth-order valence-corrected chi connectivity index (χ4v) is 2.71. The van der Waals surface area contributed by atoms with Crippen molar-refractivity contribution in [3.8, 4) is 11.3 Å². The quantitative estimate of drug-likeness (QED) is 0.766. The summed E-state index contributed by atoms with van der Waals surface area (Å²) < 4.78 is 3.70. The van der Waals surface area contributed by atoms with E-state index in [0.717, 1.165) is 17.0 Å². The third-order valence-corrected chi connectivity index (χ3v) is 3.97. The maximum Gasteiger partial charge on any atom is 0.354 e. The second kappa shape index (κ2) is 4.66. The number of nitrogens with zero attached hydrogens (tertiary/aromatic N) is 5. The second-order valence-corrected chi connectivity index (χ2v) is 5.58. The third kappa shape index (κ3) is 2.02. The first-order valence-electron chi connectivity index (χ1n) is 6.18. The molecule has 0 aromatic carbocycles. The Morgan fingerprint density at radius 3 is 2.67 bits per heavy atom. The van der Waals surface area contributed by atoms with Gasteiger partial charge >= 0.3 is 5.97 Å². The molecule has 3 rings (SSSR count). The first-order chi connectivity index (χ1) is 9.90. The molecule has 21 heavy (non-hydrogen) atoms. The SMILES string of the molecule is Cc1nn(C)c(C)c1-c1cc(C(=O)O)n2ncc(Br)c2n1. The summed E-state index contributed by atoms with van der Waals surface area (Å²) in [4.78, 5) is 16.0. The zero-order valence-electron chi connectivity index (χ0n) is 11.6. The van der Waals surface area contributed by atoms with Crippen LogP contribution in [-0.4, -0.2) is 35.5 Å². The van der Waals surface area contributed by atoms with Crippen molar-refractivity contribution in [2.45, 2.75) is 13.8 Å². The van der Waals surface area contributed by atoms with Gasteiger partial charge in [0.25, 0.3) is 0 Å². The standard InChI is InChI=1S/C13H12BrN5O2/c1-6-11(7(2)18(3)17-6)9-4-10(13(20)21)19-12(16-9)8(14)5-15-19/h4-5H,1-3H3,(H,20,21). The lowest BCUT2D eigenvalue weighted by Gasteiger charge is -2.06. The Kier molecular flexibility index (Phi) is 3.05. The molecule has 0 radical (unpaired) electrons. The van der Waals surface area contributed by atoms with E-state index in [1.165, 1.54) is 16.8 Å². The third-order valence-electron chi connectivity index (χ3n) is 3.41. The number of carboxylic acid groups (broad SMARTS) is 1. The molecule has 3 aromatic heterocycles. The topological polar surface area (TPSA) is 85.3 Å². The van der Waals surface area contributed by atoms with Crippen LogP contribution in [0.25, 0.3) is 16.9 Å². The minimum Gasteiger partial charge on any atom is -0.477 e. The molecule has 0 unspecified atom stereocenters. The highest BCUT2D eigenvalue weighted by atomic mass is 79.9. The highest BCUT2D eigenvalue weighted by Crippen LogP contribution is 2.28. The number of rotatable bonds is 2. The molecule has 108 valence electrons. The number of hydrogen-bond acceptors (Lipinski definition) is 4. The Bertz CT molecular complexity index is 880. The molecule has 0 saturated carbocycles. The summed E-state index contributed by atoms with van der Waals surface area (Å²) in [6, 6.07) is 1.52. The zero-order chi connectivity index (χ0) is 15.3. The fourth-order valence-electron chi connectivity index (χ4n) is 2.36. The summed E-state index contributed by atoms with van der Waals surface area (Å²) in [7, 11) is 1.84. The molecule has 0 amide bonds. The van der Waals surface area contributed by atoms with Crippen molar-refractivity contribution in [3.63, 3.8) is 0 Å². The largest absolute Gasteiger partial charge is 0.477 e. The van der Waals surface area contributed by atoms with Gasteiger partial charge in [0.15, 0.2) is 11.3 Å². The van der Waals surface area contributed by atoms with Crippen LogP contribution in [0.15, 0.2) is 16.7 Å². The Balaban J connectivity index is 2.38. The number of carboxylic acids is 1. The zero-order valence-corrected chi connectivity index (χ0v) is 13.2. The van der Waals surface area contributed by atoms with E-state index >= 15 is 0 Å². The first-order valence-corrected chi connectivity index (χ1v) is 6.97. The Morgan fingerprint density at radius 1 is 1.38 bits per heavy atom. The number of fused-ring (bicyclic) bond motifs is 1. The van der Waals surface area contributed by atoms with Crippen molar-refractivity contribution in [1.82, 2.24) is 24.4 Å². The van der Waals surface area contributed by atoms with Gasteiger partial charge in [-0.2, -0.15) is 10.2 Å². The molecule has 0 aliphatic heterocycles. The highest BCUT2D eigenvalue weighted by molar-refractivity contribution is 9.10. The van der Waals surface area contributed by atoms with Gasteiger partial charge in [-0.15, -0.1) is 0 Å². The maximum atomic E-state index is 11.5. The summed E-state index contributed by atoms with van der Waals surface area (Å²) in [5.74, 6) is -1.06. The summed E-state index contributed by atoms with van der Waals surface area (Å²) in [6.45, 7) is 3.80. The van der Waals surface area contributed by atoms with Crippen LogP contribution < -0.4 is 0 Å². The number of carbonyl (C=O) groups is 1. The predicted octanol–water partition coefficient (Wildman–Crippen LogP) is 2.21. The summed E-state index contributed by atoms with van der Waals surface area (Å²) in [5.41, 5.74) is 3.67. The average molecular weight is 350 g/mol. The molecule has 0 fully saturated rings. The van der Waals surface area contributed by atoms with Crippen molar-refractivity contribution in [3.05, 3.63) is 33.8 Å². The van der Waals surface area contributed by atoms with Gasteiger partial charge in [0.2, 0.25) is 0 Å². The minimum absolute atomic E-state index is 0.0587. The molecule has 0 aliphatic carbocycles. The van der Waals surface area contributed by atoms with E-state index in [4.69, 9.17) is 0 Å². The molecule has 0 spiro atoms. The van der Waals surface area contributed by atoms with Crippen LogP contribution in [-0.2, 0) is 7.05 Å². The van der Waals surface area contributed by atoms with Crippen LogP contribution in [0, 0.1) is 13.8 Å². The van der Waals surface area contributed by atoms with E-state index in [1.807, 2.05) is 20.9 Å². The van der Waals surface area contributed by atoms with Gasteiger partial charge in [0.05, 0.1) is 22.1 Å².